The van der Waals surface area contributed by atoms with E-state index >= 15 is 0 Å². The van der Waals surface area contributed by atoms with Crippen molar-refractivity contribution in [3.63, 3.8) is 0 Å². The summed E-state index contributed by atoms with van der Waals surface area (Å²) in [6.45, 7) is 3.22. The summed E-state index contributed by atoms with van der Waals surface area (Å²) in [5.74, 6) is -0.859. The van der Waals surface area contributed by atoms with Crippen molar-refractivity contribution in [3.8, 4) is 0 Å². The van der Waals surface area contributed by atoms with Gasteiger partial charge in [0.15, 0.2) is 12.4 Å². The van der Waals surface area contributed by atoms with Crippen LogP contribution in [-0.4, -0.2) is 89.0 Å². The summed E-state index contributed by atoms with van der Waals surface area (Å²) in [4.78, 5) is 25.3. The molecule has 57 heavy (non-hydrogen) atoms. The van der Waals surface area contributed by atoms with Gasteiger partial charge in [0.2, 0.25) is 0 Å². The van der Waals surface area contributed by atoms with Gasteiger partial charge in [-0.2, -0.15) is 0 Å². The first kappa shape index (κ1) is 52.2. The molecule has 6 atom stereocenters. The predicted octanol–water partition coefficient (Wildman–Crippen LogP) is 9.22. The van der Waals surface area contributed by atoms with Gasteiger partial charge in [-0.05, 0) is 83.5 Å². The second-order valence-corrected chi connectivity index (χ2v) is 14.8. The van der Waals surface area contributed by atoms with Crippen LogP contribution in [0.15, 0.2) is 72.9 Å². The lowest BCUT2D eigenvalue weighted by Gasteiger charge is -2.39. The Morgan fingerprint density at radius 3 is 1.56 bits per heavy atom. The summed E-state index contributed by atoms with van der Waals surface area (Å²) >= 11 is 0. The number of aliphatic hydroxyl groups excluding tert-OH is 4. The Bertz CT molecular complexity index is 1160. The number of esters is 2. The Morgan fingerprint density at radius 2 is 1.04 bits per heavy atom. The second-order valence-electron chi connectivity index (χ2n) is 14.8. The van der Waals surface area contributed by atoms with Crippen LogP contribution >= 0.6 is 0 Å². The monoisotopic (exact) mass is 803 g/mol. The fraction of sp³-hybridized carbons (Fsp3) is 0.702. The lowest BCUT2D eigenvalue weighted by atomic mass is 9.99. The van der Waals surface area contributed by atoms with Gasteiger partial charge >= 0.3 is 11.9 Å². The molecule has 1 saturated heterocycles. The van der Waals surface area contributed by atoms with Crippen molar-refractivity contribution in [2.24, 2.45) is 0 Å². The molecule has 4 N–H and O–H groups in total. The summed E-state index contributed by atoms with van der Waals surface area (Å²) in [5, 5.41) is 40.0. The van der Waals surface area contributed by atoms with Crippen molar-refractivity contribution in [2.75, 3.05) is 19.8 Å². The normalized spacial score (nSPS) is 21.0. The molecule has 0 spiro atoms. The van der Waals surface area contributed by atoms with Crippen LogP contribution in [-0.2, 0) is 28.5 Å². The largest absolute Gasteiger partial charge is 0.462 e. The first-order valence-corrected chi connectivity index (χ1v) is 22.0. The Balaban J connectivity index is 2.38. The molecule has 0 saturated carbocycles. The maximum absolute atomic E-state index is 12.8. The molecular weight excluding hydrogens is 725 g/mol. The molecule has 1 fully saturated rings. The molecule has 1 aliphatic heterocycles. The van der Waals surface area contributed by atoms with E-state index in [1.54, 1.807) is 0 Å². The molecule has 326 valence electrons. The van der Waals surface area contributed by atoms with Gasteiger partial charge in [-0.15, -0.1) is 0 Å². The minimum Gasteiger partial charge on any atom is -0.462 e. The fourth-order valence-electron chi connectivity index (χ4n) is 6.09. The lowest BCUT2D eigenvalue weighted by molar-refractivity contribution is -0.305. The van der Waals surface area contributed by atoms with E-state index in [1.807, 2.05) is 0 Å². The third-order valence-corrected chi connectivity index (χ3v) is 9.58. The average Bonchev–Trinajstić information content (AvgIpc) is 3.21. The van der Waals surface area contributed by atoms with E-state index in [2.05, 4.69) is 86.8 Å². The van der Waals surface area contributed by atoms with Gasteiger partial charge in [0.1, 0.15) is 31.0 Å². The number of carbonyl (C=O) groups excluding carboxylic acids is 2. The minimum atomic E-state index is -1.61. The molecule has 0 bridgehead atoms. The van der Waals surface area contributed by atoms with E-state index in [0.29, 0.717) is 12.8 Å². The Morgan fingerprint density at radius 1 is 0.561 bits per heavy atom. The summed E-state index contributed by atoms with van der Waals surface area (Å²) in [5.41, 5.74) is 0. The van der Waals surface area contributed by atoms with Crippen LogP contribution in [0.5, 0.6) is 0 Å². The molecule has 0 aliphatic carbocycles. The van der Waals surface area contributed by atoms with Gasteiger partial charge < -0.3 is 39.4 Å². The molecule has 0 radical (unpaired) electrons. The van der Waals surface area contributed by atoms with Crippen LogP contribution in [0.25, 0.3) is 0 Å². The highest BCUT2D eigenvalue weighted by molar-refractivity contribution is 5.70. The quantitative estimate of drug-likeness (QED) is 0.0277. The molecule has 0 amide bonds. The number of rotatable bonds is 35. The van der Waals surface area contributed by atoms with Crippen LogP contribution in [0.4, 0.5) is 0 Å². The zero-order valence-electron chi connectivity index (χ0n) is 35.3. The van der Waals surface area contributed by atoms with Crippen molar-refractivity contribution >= 4 is 11.9 Å². The maximum atomic E-state index is 12.8. The lowest BCUT2D eigenvalue weighted by Crippen LogP contribution is -2.59. The Hall–Kier alpha value is -2.86. The second kappa shape index (κ2) is 37.4. The first-order valence-electron chi connectivity index (χ1n) is 22.0. The smallest absolute Gasteiger partial charge is 0.306 e. The standard InChI is InChI=1S/C47H78O10/c1-3-5-7-9-11-13-15-17-19-20-22-23-25-27-29-31-33-35-42(49)54-38-40(39-55-47-46(53)45(52)44(51)41(37-48)57-47)56-43(50)36-34-32-30-28-26-24-21-18-16-14-12-10-8-6-4-2/h6,8,11-14,17-19,21-23,40-41,44-48,51-53H,3-5,7,9-10,15-16,20,24-39H2,1-2H3/b8-6+,13-11+,14-12+,19-17+,21-18+,23-22+/t40-,41-,44+,45?,46?,47-/m0/s1. The molecule has 0 aromatic heterocycles. The number of carbonyl (C=O) groups is 2. The number of hydrogen-bond donors (Lipinski definition) is 4. The van der Waals surface area contributed by atoms with E-state index in [1.165, 1.54) is 25.7 Å². The highest BCUT2D eigenvalue weighted by Gasteiger charge is 2.44. The van der Waals surface area contributed by atoms with E-state index in [0.717, 1.165) is 89.9 Å². The summed E-state index contributed by atoms with van der Waals surface area (Å²) < 4.78 is 22.1. The van der Waals surface area contributed by atoms with Crippen LogP contribution in [0.2, 0.25) is 0 Å². The molecule has 10 nitrogen and oxygen atoms in total. The van der Waals surface area contributed by atoms with Gasteiger partial charge in [0, 0.05) is 12.8 Å². The molecule has 2 unspecified atom stereocenters. The van der Waals surface area contributed by atoms with E-state index in [-0.39, 0.29) is 26.1 Å². The fourth-order valence-corrected chi connectivity index (χ4v) is 6.09. The summed E-state index contributed by atoms with van der Waals surface area (Å²) in [7, 11) is 0. The van der Waals surface area contributed by atoms with Crippen molar-refractivity contribution < 1.29 is 49.0 Å². The molecule has 10 heteroatoms. The molecular formula is C47H78O10. The van der Waals surface area contributed by atoms with Crippen molar-refractivity contribution in [3.05, 3.63) is 72.9 Å². The third kappa shape index (κ3) is 29.1. The topological polar surface area (TPSA) is 152 Å². The van der Waals surface area contributed by atoms with Gasteiger partial charge in [0.05, 0.1) is 13.2 Å². The SMILES string of the molecule is CC/C=C/C/C=C/C/C=C/CCCCCCCC(=O)O[C@@H](COC(=O)CCCCCC/C=C/C/C=C/C/C=C/CCCCC)CO[C@H]1O[C@@H](CO)[C@@H](O)C(O)C1O. The first-order chi connectivity index (χ1) is 27.8. The zero-order valence-corrected chi connectivity index (χ0v) is 35.3. The van der Waals surface area contributed by atoms with Crippen molar-refractivity contribution in [2.45, 2.75) is 192 Å². The van der Waals surface area contributed by atoms with Gasteiger partial charge in [-0.3, -0.25) is 9.59 Å². The van der Waals surface area contributed by atoms with Crippen molar-refractivity contribution in [1.82, 2.24) is 0 Å². The van der Waals surface area contributed by atoms with Gasteiger partial charge in [-0.1, -0.05) is 132 Å². The number of unbranched alkanes of at least 4 members (excludes halogenated alkanes) is 12. The summed E-state index contributed by atoms with van der Waals surface area (Å²) in [6, 6.07) is 0. The summed E-state index contributed by atoms with van der Waals surface area (Å²) in [6.07, 6.45) is 39.0. The molecule has 1 aliphatic rings. The van der Waals surface area contributed by atoms with Gasteiger partial charge in [-0.25, -0.2) is 0 Å². The van der Waals surface area contributed by atoms with E-state index in [9.17, 15) is 30.0 Å². The highest BCUT2D eigenvalue weighted by Crippen LogP contribution is 2.22. The molecule has 1 rings (SSSR count). The van der Waals surface area contributed by atoms with Crippen LogP contribution in [0.3, 0.4) is 0 Å². The van der Waals surface area contributed by atoms with Crippen molar-refractivity contribution in [1.29, 1.82) is 0 Å². The van der Waals surface area contributed by atoms with Gasteiger partial charge in [0.25, 0.3) is 0 Å². The number of aliphatic hydroxyl groups is 4. The zero-order chi connectivity index (χ0) is 41.6. The van der Waals surface area contributed by atoms with E-state index < -0.39 is 55.4 Å². The van der Waals surface area contributed by atoms with Crippen LogP contribution in [0.1, 0.15) is 155 Å². The van der Waals surface area contributed by atoms with Crippen LogP contribution in [0, 0.1) is 0 Å². The number of ether oxygens (including phenoxy) is 4. The number of hydrogen-bond acceptors (Lipinski definition) is 10. The Kier molecular flexibility index (Phi) is 34.2. The Labute approximate surface area is 344 Å². The van der Waals surface area contributed by atoms with E-state index in [4.69, 9.17) is 18.9 Å². The predicted molar refractivity (Wildman–Crippen MR) is 228 cm³/mol. The third-order valence-electron chi connectivity index (χ3n) is 9.58. The maximum Gasteiger partial charge on any atom is 0.306 e. The highest BCUT2D eigenvalue weighted by atomic mass is 16.7. The average molecular weight is 803 g/mol. The number of allylic oxidation sites excluding steroid dienone is 12. The molecule has 1 heterocycles. The molecule has 0 aromatic carbocycles. The van der Waals surface area contributed by atoms with Crippen LogP contribution < -0.4 is 0 Å². The molecule has 0 aromatic rings. The minimum absolute atomic E-state index is 0.201.